The fourth-order valence-corrected chi connectivity index (χ4v) is 2.32. The molecule has 150 valence electrons. The van der Waals surface area contributed by atoms with Crippen LogP contribution in [0.15, 0.2) is 36.4 Å². The van der Waals surface area contributed by atoms with E-state index in [1.165, 1.54) is 14.2 Å². The van der Waals surface area contributed by atoms with Crippen molar-refractivity contribution in [3.05, 3.63) is 57.6 Å². The van der Waals surface area contributed by atoms with Gasteiger partial charge in [0.05, 0.1) is 31.1 Å². The molecule has 0 saturated carbocycles. The summed E-state index contributed by atoms with van der Waals surface area (Å²) in [5.41, 5.74) is 2.74. The third-order valence-corrected chi connectivity index (χ3v) is 3.70. The first kappa shape index (κ1) is 20.8. The van der Waals surface area contributed by atoms with Crippen LogP contribution in [0.2, 0.25) is 0 Å². The van der Waals surface area contributed by atoms with E-state index in [1.54, 1.807) is 18.2 Å². The highest BCUT2D eigenvalue weighted by Gasteiger charge is 2.33. The summed E-state index contributed by atoms with van der Waals surface area (Å²) in [6, 6.07) is 6.75. The van der Waals surface area contributed by atoms with Gasteiger partial charge in [0.1, 0.15) is 17.2 Å². The maximum absolute atomic E-state index is 12.7. The number of nitrogens with zero attached hydrogens (tertiary/aromatic N) is 1. The Balaban J connectivity index is 2.12. The summed E-state index contributed by atoms with van der Waals surface area (Å²) in [7, 11) is 2.89. The number of halogens is 3. The molecule has 11 heteroatoms. The fourth-order valence-electron chi connectivity index (χ4n) is 2.32. The van der Waals surface area contributed by atoms with Crippen LogP contribution in [0.5, 0.6) is 11.5 Å². The van der Waals surface area contributed by atoms with Gasteiger partial charge in [-0.3, -0.25) is 25.8 Å². The first-order valence-corrected chi connectivity index (χ1v) is 7.77. The van der Waals surface area contributed by atoms with Gasteiger partial charge in [0.25, 0.3) is 5.69 Å². The third-order valence-electron chi connectivity index (χ3n) is 3.70. The number of hydrogen-bond donors (Lipinski definition) is 2. The number of amides is 1. The summed E-state index contributed by atoms with van der Waals surface area (Å²) >= 11 is 0. The average Bonchev–Trinajstić information content (AvgIpc) is 2.65. The molecule has 0 aromatic heterocycles. The van der Waals surface area contributed by atoms with Gasteiger partial charge in [0, 0.05) is 17.7 Å². The minimum absolute atomic E-state index is 0.144. The molecule has 0 heterocycles. The number of rotatable bonds is 7. The molecule has 0 aliphatic carbocycles. The molecule has 0 aliphatic heterocycles. The highest BCUT2D eigenvalue weighted by atomic mass is 19.4. The number of nitro benzene ring substituents is 1. The van der Waals surface area contributed by atoms with Crippen LogP contribution in [0.4, 0.5) is 24.5 Å². The van der Waals surface area contributed by atoms with E-state index in [0.29, 0.717) is 29.2 Å². The Morgan fingerprint density at radius 2 is 1.86 bits per heavy atom. The van der Waals surface area contributed by atoms with E-state index in [9.17, 15) is 28.1 Å². The lowest BCUT2D eigenvalue weighted by atomic mass is 10.1. The topological polar surface area (TPSA) is 103 Å². The SMILES string of the molecule is COc1ccc(CC(=O)NNc2ccc(C(F)(F)F)cc2[N+](=O)[O-])c(OC)c1. The van der Waals surface area contributed by atoms with Gasteiger partial charge in [-0.1, -0.05) is 6.07 Å². The zero-order valence-electron chi connectivity index (χ0n) is 14.8. The average molecular weight is 399 g/mol. The van der Waals surface area contributed by atoms with Gasteiger partial charge < -0.3 is 9.47 Å². The van der Waals surface area contributed by atoms with E-state index in [1.807, 2.05) is 0 Å². The van der Waals surface area contributed by atoms with Crippen molar-refractivity contribution in [3.8, 4) is 11.5 Å². The van der Waals surface area contributed by atoms with E-state index in [4.69, 9.17) is 9.47 Å². The molecule has 2 rings (SSSR count). The first-order valence-electron chi connectivity index (χ1n) is 7.77. The number of hydrogen-bond acceptors (Lipinski definition) is 6. The molecule has 28 heavy (non-hydrogen) atoms. The van der Waals surface area contributed by atoms with Gasteiger partial charge in [0.15, 0.2) is 0 Å². The molecule has 1 amide bonds. The highest BCUT2D eigenvalue weighted by Crippen LogP contribution is 2.34. The predicted octanol–water partition coefficient (Wildman–Crippen LogP) is 3.32. The second-order valence-corrected chi connectivity index (χ2v) is 5.51. The zero-order valence-corrected chi connectivity index (χ0v) is 14.8. The Kier molecular flexibility index (Phi) is 6.29. The Morgan fingerprint density at radius 3 is 2.43 bits per heavy atom. The molecular formula is C17H16F3N3O5. The lowest BCUT2D eigenvalue weighted by Crippen LogP contribution is -2.31. The number of benzene rings is 2. The largest absolute Gasteiger partial charge is 0.497 e. The molecular weight excluding hydrogens is 383 g/mol. The standard InChI is InChI=1S/C17H16F3N3O5/c1-27-12-5-3-10(15(9-12)28-2)7-16(24)22-21-13-6-4-11(17(18,19)20)8-14(13)23(25)26/h3-6,8-9,21H,7H2,1-2H3,(H,22,24). The van der Waals surface area contributed by atoms with Crippen LogP contribution < -0.4 is 20.3 Å². The van der Waals surface area contributed by atoms with Crippen LogP contribution in [0.3, 0.4) is 0 Å². The number of ether oxygens (including phenoxy) is 2. The summed E-state index contributed by atoms with van der Waals surface area (Å²) in [5, 5.41) is 11.0. The van der Waals surface area contributed by atoms with Crippen LogP contribution in [0.25, 0.3) is 0 Å². The van der Waals surface area contributed by atoms with Crippen molar-refractivity contribution in [2.45, 2.75) is 12.6 Å². The van der Waals surface area contributed by atoms with Gasteiger partial charge in [0.2, 0.25) is 5.91 Å². The fraction of sp³-hybridized carbons (Fsp3) is 0.235. The molecule has 2 N–H and O–H groups in total. The number of carbonyl (C=O) groups is 1. The maximum Gasteiger partial charge on any atom is 0.416 e. The Bertz CT molecular complexity index is 887. The van der Waals surface area contributed by atoms with E-state index in [0.717, 1.165) is 6.07 Å². The monoisotopic (exact) mass is 399 g/mol. The zero-order chi connectivity index (χ0) is 20.9. The summed E-state index contributed by atoms with van der Waals surface area (Å²) in [5.74, 6) is 0.340. The number of methoxy groups -OCH3 is 2. The van der Waals surface area contributed by atoms with Crippen molar-refractivity contribution >= 4 is 17.3 Å². The van der Waals surface area contributed by atoms with Crippen LogP contribution in [-0.2, 0) is 17.4 Å². The van der Waals surface area contributed by atoms with E-state index >= 15 is 0 Å². The van der Waals surface area contributed by atoms with Crippen molar-refractivity contribution in [2.24, 2.45) is 0 Å². The van der Waals surface area contributed by atoms with E-state index in [2.05, 4.69) is 10.9 Å². The molecule has 0 unspecified atom stereocenters. The third kappa shape index (κ3) is 5.02. The Labute approximate surface area is 157 Å². The summed E-state index contributed by atoms with van der Waals surface area (Å²) in [6.07, 6.45) is -4.87. The summed E-state index contributed by atoms with van der Waals surface area (Å²) < 4.78 is 48.4. The van der Waals surface area contributed by atoms with Crippen LogP contribution in [0, 0.1) is 10.1 Å². The van der Waals surface area contributed by atoms with Gasteiger partial charge in [-0.15, -0.1) is 0 Å². The van der Waals surface area contributed by atoms with Crippen molar-refractivity contribution in [1.82, 2.24) is 5.43 Å². The quantitative estimate of drug-likeness (QED) is 0.547. The number of anilines is 1. The first-order chi connectivity index (χ1) is 13.2. The van der Waals surface area contributed by atoms with Gasteiger partial charge in [-0.2, -0.15) is 13.2 Å². The lowest BCUT2D eigenvalue weighted by molar-refractivity contribution is -0.384. The summed E-state index contributed by atoms with van der Waals surface area (Å²) in [4.78, 5) is 22.2. The molecule has 0 spiro atoms. The molecule has 2 aromatic carbocycles. The van der Waals surface area contributed by atoms with Crippen LogP contribution >= 0.6 is 0 Å². The molecule has 0 saturated heterocycles. The minimum atomic E-state index is -4.72. The predicted molar refractivity (Wildman–Crippen MR) is 93.1 cm³/mol. The molecule has 2 aromatic rings. The number of hydrazine groups is 1. The Hall–Kier alpha value is -3.50. The number of alkyl halides is 3. The van der Waals surface area contributed by atoms with Crippen LogP contribution in [0.1, 0.15) is 11.1 Å². The number of nitrogens with one attached hydrogen (secondary N) is 2. The normalized spacial score (nSPS) is 10.9. The molecule has 0 atom stereocenters. The molecule has 0 bridgehead atoms. The van der Waals surface area contributed by atoms with Gasteiger partial charge in [-0.05, 0) is 18.2 Å². The minimum Gasteiger partial charge on any atom is -0.497 e. The maximum atomic E-state index is 12.7. The molecule has 0 fully saturated rings. The lowest BCUT2D eigenvalue weighted by Gasteiger charge is -2.13. The van der Waals surface area contributed by atoms with E-state index < -0.39 is 28.3 Å². The highest BCUT2D eigenvalue weighted by molar-refractivity contribution is 5.81. The second kappa shape index (κ2) is 8.46. The van der Waals surface area contributed by atoms with Crippen molar-refractivity contribution in [1.29, 1.82) is 0 Å². The van der Waals surface area contributed by atoms with Crippen LogP contribution in [-0.4, -0.2) is 25.1 Å². The molecule has 0 aliphatic rings. The molecule has 8 nitrogen and oxygen atoms in total. The van der Waals surface area contributed by atoms with Gasteiger partial charge >= 0.3 is 6.18 Å². The van der Waals surface area contributed by atoms with Crippen molar-refractivity contribution in [3.63, 3.8) is 0 Å². The van der Waals surface area contributed by atoms with Crippen molar-refractivity contribution < 1.29 is 32.4 Å². The summed E-state index contributed by atoms with van der Waals surface area (Å²) in [6.45, 7) is 0. The molecule has 0 radical (unpaired) electrons. The van der Waals surface area contributed by atoms with Gasteiger partial charge in [-0.25, -0.2) is 0 Å². The second-order valence-electron chi connectivity index (χ2n) is 5.51. The number of nitro groups is 1. The number of carbonyl (C=O) groups excluding carboxylic acids is 1. The van der Waals surface area contributed by atoms with E-state index in [-0.39, 0.29) is 12.1 Å². The smallest absolute Gasteiger partial charge is 0.416 e. The Morgan fingerprint density at radius 1 is 1.14 bits per heavy atom. The van der Waals surface area contributed by atoms with Crippen molar-refractivity contribution in [2.75, 3.05) is 19.6 Å².